The highest BCUT2D eigenvalue weighted by Crippen LogP contribution is 2.25. The van der Waals surface area contributed by atoms with Gasteiger partial charge in [0.1, 0.15) is 5.75 Å². The van der Waals surface area contributed by atoms with Crippen LogP contribution in [0.1, 0.15) is 22.5 Å². The Morgan fingerprint density at radius 2 is 1.85 bits per heavy atom. The Balaban J connectivity index is 1.47. The fourth-order valence-corrected chi connectivity index (χ4v) is 3.35. The van der Waals surface area contributed by atoms with E-state index in [1.54, 1.807) is 12.1 Å². The van der Waals surface area contributed by atoms with Crippen molar-refractivity contribution >= 4 is 11.0 Å². The predicted molar refractivity (Wildman–Crippen MR) is 95.2 cm³/mol. The van der Waals surface area contributed by atoms with E-state index in [1.165, 1.54) is 17.7 Å². The normalized spacial score (nSPS) is 15.0. The fourth-order valence-electron chi connectivity index (χ4n) is 3.35. The zero-order chi connectivity index (χ0) is 19.0. The van der Waals surface area contributed by atoms with Crippen molar-refractivity contribution in [2.75, 3.05) is 6.54 Å². The van der Waals surface area contributed by atoms with Crippen molar-refractivity contribution in [3.05, 3.63) is 65.0 Å². The summed E-state index contributed by atoms with van der Waals surface area (Å²) in [6, 6.07) is 12.2. The molecule has 1 aliphatic heterocycles. The third-order valence-corrected chi connectivity index (χ3v) is 4.61. The van der Waals surface area contributed by atoms with E-state index in [4.69, 9.17) is 4.98 Å². The molecule has 7 heteroatoms. The van der Waals surface area contributed by atoms with Crippen molar-refractivity contribution in [3.63, 3.8) is 0 Å². The average Bonchev–Trinajstić information content (AvgIpc) is 2.60. The van der Waals surface area contributed by atoms with Crippen molar-refractivity contribution in [2.24, 2.45) is 0 Å². The molecule has 0 unspecified atom stereocenters. The number of hydrogen-bond donors (Lipinski definition) is 0. The van der Waals surface area contributed by atoms with Crippen LogP contribution in [-0.4, -0.2) is 27.8 Å². The molecule has 0 atom stereocenters. The quantitative estimate of drug-likeness (QED) is 0.682. The van der Waals surface area contributed by atoms with E-state index in [2.05, 4.69) is 20.7 Å². The van der Waals surface area contributed by atoms with Gasteiger partial charge in [0.05, 0.1) is 0 Å². The number of pyridine rings is 2. The molecule has 0 fully saturated rings. The standard InChI is InChI=1S/C20H18F3N3O/c1-13-2-5-15-10-16-12-26(9-8-18(16)25-19(15)24-13)11-14-3-6-17(7-4-14)27-20(21,22)23/h2-7,10H,8-9,11-12H2,1H3. The van der Waals surface area contributed by atoms with E-state index >= 15 is 0 Å². The second-order valence-corrected chi connectivity index (χ2v) is 6.75. The molecule has 1 aliphatic rings. The van der Waals surface area contributed by atoms with Crippen molar-refractivity contribution in [1.29, 1.82) is 0 Å². The second kappa shape index (κ2) is 6.81. The van der Waals surface area contributed by atoms with E-state index in [0.717, 1.165) is 47.5 Å². The van der Waals surface area contributed by atoms with Crippen LogP contribution in [0.2, 0.25) is 0 Å². The van der Waals surface area contributed by atoms with Crippen molar-refractivity contribution in [1.82, 2.24) is 14.9 Å². The molecule has 0 amide bonds. The summed E-state index contributed by atoms with van der Waals surface area (Å²) in [7, 11) is 0. The summed E-state index contributed by atoms with van der Waals surface area (Å²) in [5.41, 5.74) is 4.93. The van der Waals surface area contributed by atoms with Crippen LogP contribution in [0.3, 0.4) is 0 Å². The molecule has 0 saturated heterocycles. The third kappa shape index (κ3) is 4.19. The molecule has 3 aromatic rings. The predicted octanol–water partition coefficient (Wildman–Crippen LogP) is 4.40. The largest absolute Gasteiger partial charge is 0.573 e. The number of rotatable bonds is 3. The van der Waals surface area contributed by atoms with Gasteiger partial charge in [-0.2, -0.15) is 0 Å². The molecule has 1 aromatic carbocycles. The molecular weight excluding hydrogens is 355 g/mol. The van der Waals surface area contributed by atoms with Gasteiger partial charge in [0, 0.05) is 42.8 Å². The Labute approximate surface area is 154 Å². The number of ether oxygens (including phenoxy) is 1. The Bertz CT molecular complexity index is 971. The lowest BCUT2D eigenvalue weighted by molar-refractivity contribution is -0.274. The monoisotopic (exact) mass is 373 g/mol. The van der Waals surface area contributed by atoms with Gasteiger partial charge < -0.3 is 4.74 Å². The summed E-state index contributed by atoms with van der Waals surface area (Å²) in [5.74, 6) is -0.200. The Morgan fingerprint density at radius 3 is 2.59 bits per heavy atom. The number of aryl methyl sites for hydroxylation is 1. The number of nitrogens with zero attached hydrogens (tertiary/aromatic N) is 3. The highest BCUT2D eigenvalue weighted by molar-refractivity contribution is 5.76. The van der Waals surface area contributed by atoms with E-state index in [-0.39, 0.29) is 5.75 Å². The van der Waals surface area contributed by atoms with Gasteiger partial charge in [-0.3, -0.25) is 4.90 Å². The number of benzene rings is 1. The average molecular weight is 373 g/mol. The Kier molecular flexibility index (Phi) is 4.47. The molecule has 0 bridgehead atoms. The molecule has 140 valence electrons. The zero-order valence-electron chi connectivity index (χ0n) is 14.8. The molecule has 0 aliphatic carbocycles. The fraction of sp³-hybridized carbons (Fsp3) is 0.300. The number of halogens is 3. The lowest BCUT2D eigenvalue weighted by Crippen LogP contribution is -2.30. The van der Waals surface area contributed by atoms with Gasteiger partial charge in [0.25, 0.3) is 0 Å². The molecular formula is C20H18F3N3O. The molecule has 4 rings (SSSR count). The van der Waals surface area contributed by atoms with E-state index in [9.17, 15) is 13.2 Å². The molecule has 2 aromatic heterocycles. The van der Waals surface area contributed by atoms with Crippen LogP contribution in [-0.2, 0) is 19.5 Å². The highest BCUT2D eigenvalue weighted by Gasteiger charge is 2.31. The maximum Gasteiger partial charge on any atom is 0.573 e. The van der Waals surface area contributed by atoms with Crippen LogP contribution in [0, 0.1) is 6.92 Å². The Hall–Kier alpha value is -2.67. The molecule has 0 N–H and O–H groups in total. The Morgan fingerprint density at radius 1 is 1.07 bits per heavy atom. The molecule has 4 nitrogen and oxygen atoms in total. The number of hydrogen-bond acceptors (Lipinski definition) is 4. The minimum atomic E-state index is -4.67. The number of aromatic nitrogens is 2. The zero-order valence-corrected chi connectivity index (χ0v) is 14.8. The van der Waals surface area contributed by atoms with Gasteiger partial charge in [0.2, 0.25) is 0 Å². The highest BCUT2D eigenvalue weighted by atomic mass is 19.4. The van der Waals surface area contributed by atoms with Crippen molar-refractivity contribution in [2.45, 2.75) is 32.8 Å². The topological polar surface area (TPSA) is 38.2 Å². The van der Waals surface area contributed by atoms with Gasteiger partial charge in [-0.1, -0.05) is 12.1 Å². The summed E-state index contributed by atoms with van der Waals surface area (Å²) in [4.78, 5) is 11.5. The van der Waals surface area contributed by atoms with Gasteiger partial charge in [-0.15, -0.1) is 13.2 Å². The van der Waals surface area contributed by atoms with Crippen LogP contribution in [0.25, 0.3) is 11.0 Å². The van der Waals surface area contributed by atoms with Crippen LogP contribution < -0.4 is 4.74 Å². The first-order chi connectivity index (χ1) is 12.9. The first-order valence-corrected chi connectivity index (χ1v) is 8.69. The molecule has 27 heavy (non-hydrogen) atoms. The lowest BCUT2D eigenvalue weighted by atomic mass is 10.0. The van der Waals surface area contributed by atoms with Crippen LogP contribution in [0.4, 0.5) is 13.2 Å². The maximum atomic E-state index is 12.2. The smallest absolute Gasteiger partial charge is 0.406 e. The number of fused-ring (bicyclic) bond motifs is 2. The molecule has 0 radical (unpaired) electrons. The second-order valence-electron chi connectivity index (χ2n) is 6.75. The van der Waals surface area contributed by atoms with Gasteiger partial charge in [-0.25, -0.2) is 9.97 Å². The van der Waals surface area contributed by atoms with E-state index < -0.39 is 6.36 Å². The first-order valence-electron chi connectivity index (χ1n) is 8.69. The number of alkyl halides is 3. The molecule has 3 heterocycles. The van der Waals surface area contributed by atoms with E-state index in [0.29, 0.717) is 6.54 Å². The van der Waals surface area contributed by atoms with Gasteiger partial charge in [-0.05, 0) is 48.4 Å². The lowest BCUT2D eigenvalue weighted by Gasteiger charge is -2.28. The first kappa shape index (κ1) is 17.7. The SMILES string of the molecule is Cc1ccc2cc3c(nc2n1)CCN(Cc1ccc(OC(F)(F)F)cc1)C3. The maximum absolute atomic E-state index is 12.2. The summed E-state index contributed by atoms with van der Waals surface area (Å²) >= 11 is 0. The van der Waals surface area contributed by atoms with Crippen LogP contribution >= 0.6 is 0 Å². The summed E-state index contributed by atoms with van der Waals surface area (Å²) in [6.45, 7) is 4.22. The minimum absolute atomic E-state index is 0.200. The van der Waals surface area contributed by atoms with Crippen molar-refractivity contribution in [3.8, 4) is 5.75 Å². The summed E-state index contributed by atoms with van der Waals surface area (Å²) in [5, 5.41) is 1.02. The third-order valence-electron chi connectivity index (χ3n) is 4.61. The van der Waals surface area contributed by atoms with Crippen molar-refractivity contribution < 1.29 is 17.9 Å². The van der Waals surface area contributed by atoms with E-state index in [1.807, 2.05) is 19.1 Å². The van der Waals surface area contributed by atoms with Gasteiger partial charge in [0.15, 0.2) is 5.65 Å². The van der Waals surface area contributed by atoms with Crippen LogP contribution in [0.5, 0.6) is 5.75 Å². The molecule has 0 spiro atoms. The van der Waals surface area contributed by atoms with Crippen LogP contribution in [0.15, 0.2) is 42.5 Å². The molecule has 0 saturated carbocycles. The summed E-state index contributed by atoms with van der Waals surface area (Å²) in [6.07, 6.45) is -3.84. The minimum Gasteiger partial charge on any atom is -0.406 e. The summed E-state index contributed by atoms with van der Waals surface area (Å²) < 4.78 is 40.7. The van der Waals surface area contributed by atoms with Gasteiger partial charge >= 0.3 is 6.36 Å².